The summed E-state index contributed by atoms with van der Waals surface area (Å²) < 4.78 is 14.2. The van der Waals surface area contributed by atoms with Crippen molar-refractivity contribution in [2.24, 2.45) is 0 Å². The molecule has 1 aliphatic rings. The number of aromatic amines is 1. The summed E-state index contributed by atoms with van der Waals surface area (Å²) in [7, 11) is 0. The lowest BCUT2D eigenvalue weighted by atomic mass is 10.1. The molecule has 0 spiro atoms. The van der Waals surface area contributed by atoms with Gasteiger partial charge in [-0.25, -0.2) is 9.37 Å². The van der Waals surface area contributed by atoms with Gasteiger partial charge in [-0.05, 0) is 37.8 Å². The van der Waals surface area contributed by atoms with Crippen LogP contribution in [0.3, 0.4) is 0 Å². The average Bonchev–Trinajstić information content (AvgIpc) is 2.81. The van der Waals surface area contributed by atoms with Gasteiger partial charge in [0.2, 0.25) is 0 Å². The van der Waals surface area contributed by atoms with Gasteiger partial charge in [0.1, 0.15) is 16.3 Å². The molecule has 0 radical (unpaired) electrons. The molecule has 1 heterocycles. The number of halogens is 1. The predicted octanol–water partition coefficient (Wildman–Crippen LogP) is 3.74. The Labute approximate surface area is 110 Å². The number of hydrogen-bond donors (Lipinski definition) is 1. The van der Waals surface area contributed by atoms with Gasteiger partial charge < -0.3 is 4.98 Å². The summed E-state index contributed by atoms with van der Waals surface area (Å²) in [6.45, 7) is 1.75. The number of hydrogen-bond acceptors (Lipinski definition) is 2. The van der Waals surface area contributed by atoms with E-state index in [9.17, 15) is 4.39 Å². The second-order valence-electron chi connectivity index (χ2n) is 4.67. The van der Waals surface area contributed by atoms with Crippen LogP contribution in [0.1, 0.15) is 23.2 Å². The Bertz CT molecular complexity index is 676. The number of aryl methyl sites for hydroxylation is 2. The summed E-state index contributed by atoms with van der Waals surface area (Å²) in [5, 5.41) is 0. The van der Waals surface area contributed by atoms with Crippen LogP contribution in [0.2, 0.25) is 0 Å². The topological polar surface area (TPSA) is 28.7 Å². The molecule has 92 valence electrons. The molecule has 1 aromatic heterocycles. The molecule has 4 heteroatoms. The lowest BCUT2D eigenvalue weighted by molar-refractivity contribution is 0.619. The van der Waals surface area contributed by atoms with Crippen LogP contribution in [0.25, 0.3) is 11.4 Å². The van der Waals surface area contributed by atoms with Gasteiger partial charge in [-0.1, -0.05) is 24.4 Å². The fourth-order valence-electron chi connectivity index (χ4n) is 2.33. The Balaban J connectivity index is 2.15. The highest BCUT2D eigenvalue weighted by Crippen LogP contribution is 2.24. The molecule has 0 aliphatic heterocycles. The van der Waals surface area contributed by atoms with Gasteiger partial charge in [-0.2, -0.15) is 0 Å². The molecule has 0 saturated carbocycles. The molecule has 1 aliphatic carbocycles. The number of aromatic nitrogens is 2. The predicted molar refractivity (Wildman–Crippen MR) is 71.6 cm³/mol. The molecule has 1 N–H and O–H groups in total. The van der Waals surface area contributed by atoms with Gasteiger partial charge in [-0.15, -0.1) is 0 Å². The van der Waals surface area contributed by atoms with Crippen LogP contribution in [-0.2, 0) is 12.8 Å². The maximum absolute atomic E-state index is 13.6. The summed E-state index contributed by atoms with van der Waals surface area (Å²) in [4.78, 5) is 7.66. The van der Waals surface area contributed by atoms with E-state index in [1.807, 2.05) is 6.07 Å². The first-order valence-electron chi connectivity index (χ1n) is 6.04. The number of H-pyrrole nitrogens is 1. The maximum atomic E-state index is 13.6. The largest absolute Gasteiger partial charge is 0.343 e. The van der Waals surface area contributed by atoms with E-state index in [0.717, 1.165) is 36.1 Å². The van der Waals surface area contributed by atoms with E-state index in [1.54, 1.807) is 13.0 Å². The monoisotopic (exact) mass is 260 g/mol. The standard InChI is InChI=1S/C14H13FN2S/c1-8-5-6-9(7-11(8)15)13-16-12-4-2-3-10(12)14(18)17-13/h5-7H,2-4H2,1H3,(H,16,17,18). The van der Waals surface area contributed by atoms with E-state index < -0.39 is 0 Å². The second kappa shape index (κ2) is 4.28. The van der Waals surface area contributed by atoms with Crippen molar-refractivity contribution in [3.8, 4) is 11.4 Å². The zero-order valence-corrected chi connectivity index (χ0v) is 10.9. The number of rotatable bonds is 1. The van der Waals surface area contributed by atoms with Gasteiger partial charge >= 0.3 is 0 Å². The first-order chi connectivity index (χ1) is 8.65. The summed E-state index contributed by atoms with van der Waals surface area (Å²) in [5.74, 6) is 0.452. The third-order valence-electron chi connectivity index (χ3n) is 3.40. The van der Waals surface area contributed by atoms with E-state index in [4.69, 9.17) is 12.2 Å². The highest BCUT2D eigenvalue weighted by atomic mass is 32.1. The van der Waals surface area contributed by atoms with Gasteiger partial charge in [-0.3, -0.25) is 0 Å². The Kier molecular flexibility index (Phi) is 2.74. The van der Waals surface area contributed by atoms with Crippen molar-refractivity contribution in [3.05, 3.63) is 45.5 Å². The van der Waals surface area contributed by atoms with Gasteiger partial charge in [0.25, 0.3) is 0 Å². The van der Waals surface area contributed by atoms with Crippen LogP contribution in [-0.4, -0.2) is 9.97 Å². The maximum Gasteiger partial charge on any atom is 0.139 e. The highest BCUT2D eigenvalue weighted by Gasteiger charge is 2.15. The molecule has 3 rings (SSSR count). The molecule has 0 amide bonds. The van der Waals surface area contributed by atoms with Crippen LogP contribution in [0.5, 0.6) is 0 Å². The molecule has 18 heavy (non-hydrogen) atoms. The summed E-state index contributed by atoms with van der Waals surface area (Å²) >= 11 is 5.30. The van der Waals surface area contributed by atoms with Crippen molar-refractivity contribution in [2.45, 2.75) is 26.2 Å². The Morgan fingerprint density at radius 3 is 2.94 bits per heavy atom. The average molecular weight is 260 g/mol. The van der Waals surface area contributed by atoms with Crippen molar-refractivity contribution in [1.82, 2.24) is 9.97 Å². The van der Waals surface area contributed by atoms with Crippen molar-refractivity contribution in [2.75, 3.05) is 0 Å². The van der Waals surface area contributed by atoms with E-state index >= 15 is 0 Å². The van der Waals surface area contributed by atoms with Gasteiger partial charge in [0.15, 0.2) is 0 Å². The van der Waals surface area contributed by atoms with Crippen molar-refractivity contribution in [1.29, 1.82) is 0 Å². The van der Waals surface area contributed by atoms with Gasteiger partial charge in [0.05, 0.1) is 0 Å². The molecule has 1 aromatic carbocycles. The summed E-state index contributed by atoms with van der Waals surface area (Å²) in [6, 6.07) is 5.13. The molecule has 0 bridgehead atoms. The molecule has 0 unspecified atom stereocenters. The normalized spacial score (nSPS) is 13.7. The smallest absolute Gasteiger partial charge is 0.139 e. The first kappa shape index (κ1) is 11.5. The van der Waals surface area contributed by atoms with Crippen molar-refractivity contribution < 1.29 is 4.39 Å². The van der Waals surface area contributed by atoms with Crippen LogP contribution < -0.4 is 0 Å². The molecular formula is C14H13FN2S. The van der Waals surface area contributed by atoms with Crippen LogP contribution >= 0.6 is 12.2 Å². The number of fused-ring (bicyclic) bond motifs is 1. The lowest BCUT2D eigenvalue weighted by Gasteiger charge is -2.06. The zero-order valence-electron chi connectivity index (χ0n) is 10.1. The van der Waals surface area contributed by atoms with E-state index in [1.165, 1.54) is 6.07 Å². The number of benzene rings is 1. The highest BCUT2D eigenvalue weighted by molar-refractivity contribution is 7.71. The molecule has 0 atom stereocenters. The fraction of sp³-hybridized carbons (Fsp3) is 0.286. The SMILES string of the molecule is Cc1ccc(-c2nc(=S)c3c([nH]2)CCC3)cc1F. The molecule has 0 fully saturated rings. The molecular weight excluding hydrogens is 247 g/mol. The minimum atomic E-state index is -0.214. The van der Waals surface area contributed by atoms with Crippen LogP contribution in [0, 0.1) is 17.4 Å². The first-order valence-corrected chi connectivity index (χ1v) is 6.44. The van der Waals surface area contributed by atoms with E-state index in [2.05, 4.69) is 9.97 Å². The molecule has 2 aromatic rings. The number of nitrogens with one attached hydrogen (secondary N) is 1. The molecule has 0 saturated heterocycles. The summed E-state index contributed by atoms with van der Waals surface area (Å²) in [6.07, 6.45) is 3.12. The summed E-state index contributed by atoms with van der Waals surface area (Å²) in [5.41, 5.74) is 3.70. The minimum absolute atomic E-state index is 0.214. The fourth-order valence-corrected chi connectivity index (χ4v) is 2.65. The Morgan fingerprint density at radius 1 is 1.33 bits per heavy atom. The third kappa shape index (κ3) is 1.86. The number of nitrogens with zero attached hydrogens (tertiary/aromatic N) is 1. The lowest BCUT2D eigenvalue weighted by Crippen LogP contribution is -1.97. The van der Waals surface area contributed by atoms with Gasteiger partial charge in [0, 0.05) is 16.8 Å². The van der Waals surface area contributed by atoms with E-state index in [-0.39, 0.29) is 5.82 Å². The van der Waals surface area contributed by atoms with Crippen molar-refractivity contribution in [3.63, 3.8) is 0 Å². The van der Waals surface area contributed by atoms with Crippen LogP contribution in [0.4, 0.5) is 4.39 Å². The Hall–Kier alpha value is -1.55. The Morgan fingerprint density at radius 2 is 2.17 bits per heavy atom. The second-order valence-corrected chi connectivity index (χ2v) is 5.05. The van der Waals surface area contributed by atoms with Crippen LogP contribution in [0.15, 0.2) is 18.2 Å². The third-order valence-corrected chi connectivity index (χ3v) is 3.74. The van der Waals surface area contributed by atoms with Crippen molar-refractivity contribution >= 4 is 12.2 Å². The zero-order chi connectivity index (χ0) is 12.7. The quantitative estimate of drug-likeness (QED) is 0.791. The van der Waals surface area contributed by atoms with E-state index in [0.29, 0.717) is 16.0 Å². The molecule has 2 nitrogen and oxygen atoms in total. The minimum Gasteiger partial charge on any atom is -0.343 e.